The van der Waals surface area contributed by atoms with E-state index in [1.54, 1.807) is 0 Å². The largest absolute Gasteiger partial charge is 0.396 e. The lowest BCUT2D eigenvalue weighted by Crippen LogP contribution is -2.46. The molecule has 20 heavy (non-hydrogen) atoms. The predicted molar refractivity (Wildman–Crippen MR) is 73.0 cm³/mol. The zero-order valence-corrected chi connectivity index (χ0v) is 12.1. The molecule has 1 amide bonds. The maximum Gasteiger partial charge on any atom is 0.225 e. The number of hydrogen-bond acceptors (Lipinski definition) is 4. The third-order valence-corrected chi connectivity index (χ3v) is 5.00. The first-order valence-corrected chi connectivity index (χ1v) is 7.90. The van der Waals surface area contributed by atoms with Crippen molar-refractivity contribution < 1.29 is 19.4 Å². The molecule has 0 bridgehead atoms. The second-order valence-electron chi connectivity index (χ2n) is 6.36. The SMILES string of the molecule is O=C(C1CCC2(CC1)OCCO2)N1CCCC(CO)C1. The highest BCUT2D eigenvalue weighted by atomic mass is 16.7. The number of ether oxygens (including phenoxy) is 2. The van der Waals surface area contributed by atoms with Crippen molar-refractivity contribution in [1.82, 2.24) is 4.90 Å². The van der Waals surface area contributed by atoms with E-state index >= 15 is 0 Å². The van der Waals surface area contributed by atoms with Gasteiger partial charge in [-0.2, -0.15) is 0 Å². The number of aliphatic hydroxyl groups excluding tert-OH is 1. The lowest BCUT2D eigenvalue weighted by atomic mass is 9.83. The maximum absolute atomic E-state index is 12.6. The molecule has 2 aliphatic heterocycles. The zero-order chi connectivity index (χ0) is 14.0. The molecule has 5 nitrogen and oxygen atoms in total. The van der Waals surface area contributed by atoms with E-state index in [1.165, 1.54) is 0 Å². The van der Waals surface area contributed by atoms with Crippen molar-refractivity contribution in [2.24, 2.45) is 11.8 Å². The Morgan fingerprint density at radius 3 is 2.55 bits per heavy atom. The fourth-order valence-corrected chi connectivity index (χ4v) is 3.76. The fraction of sp³-hybridized carbons (Fsp3) is 0.933. The van der Waals surface area contributed by atoms with Gasteiger partial charge >= 0.3 is 0 Å². The van der Waals surface area contributed by atoms with Gasteiger partial charge in [-0.25, -0.2) is 0 Å². The van der Waals surface area contributed by atoms with Crippen LogP contribution < -0.4 is 0 Å². The van der Waals surface area contributed by atoms with Crippen LogP contribution in [0.25, 0.3) is 0 Å². The molecule has 3 aliphatic rings. The summed E-state index contributed by atoms with van der Waals surface area (Å²) in [5.41, 5.74) is 0. The summed E-state index contributed by atoms with van der Waals surface area (Å²) in [6.07, 6.45) is 5.44. The Balaban J connectivity index is 1.53. The number of rotatable bonds is 2. The molecule has 2 saturated heterocycles. The molecule has 0 aromatic heterocycles. The molecule has 3 fully saturated rings. The summed E-state index contributed by atoms with van der Waals surface area (Å²) < 4.78 is 11.4. The standard InChI is InChI=1S/C15H25NO4/c17-11-12-2-1-7-16(10-12)14(18)13-3-5-15(6-4-13)19-8-9-20-15/h12-13,17H,1-11H2. The normalized spacial score (nSPS) is 30.9. The number of piperidine rings is 1. The molecule has 0 aromatic rings. The molecule has 1 saturated carbocycles. The van der Waals surface area contributed by atoms with Gasteiger partial charge in [-0.3, -0.25) is 4.79 Å². The molecule has 1 N–H and O–H groups in total. The summed E-state index contributed by atoms with van der Waals surface area (Å²) in [7, 11) is 0. The minimum Gasteiger partial charge on any atom is -0.396 e. The molecule has 114 valence electrons. The van der Waals surface area contributed by atoms with Crippen molar-refractivity contribution >= 4 is 5.91 Å². The monoisotopic (exact) mass is 283 g/mol. The number of amides is 1. The highest BCUT2D eigenvalue weighted by Gasteiger charge is 2.42. The third kappa shape index (κ3) is 2.85. The van der Waals surface area contributed by atoms with E-state index in [0.717, 1.165) is 51.6 Å². The molecular formula is C15H25NO4. The van der Waals surface area contributed by atoms with Crippen LogP contribution in [0, 0.1) is 11.8 Å². The van der Waals surface area contributed by atoms with Crippen molar-refractivity contribution in [3.8, 4) is 0 Å². The zero-order valence-electron chi connectivity index (χ0n) is 12.1. The number of nitrogens with zero attached hydrogens (tertiary/aromatic N) is 1. The summed E-state index contributed by atoms with van der Waals surface area (Å²) in [4.78, 5) is 14.5. The van der Waals surface area contributed by atoms with Crippen LogP contribution in [-0.2, 0) is 14.3 Å². The van der Waals surface area contributed by atoms with Gasteiger partial charge in [0.2, 0.25) is 5.91 Å². The van der Waals surface area contributed by atoms with E-state index in [2.05, 4.69) is 0 Å². The second-order valence-corrected chi connectivity index (χ2v) is 6.36. The summed E-state index contributed by atoms with van der Waals surface area (Å²) in [5.74, 6) is 0.276. The van der Waals surface area contributed by atoms with Gasteiger partial charge in [-0.05, 0) is 31.6 Å². The van der Waals surface area contributed by atoms with Gasteiger partial charge in [0.05, 0.1) is 13.2 Å². The van der Waals surface area contributed by atoms with Crippen molar-refractivity contribution in [3.63, 3.8) is 0 Å². The summed E-state index contributed by atoms with van der Waals surface area (Å²) in [6.45, 7) is 3.14. The van der Waals surface area contributed by atoms with Crippen LogP contribution in [0.3, 0.4) is 0 Å². The Morgan fingerprint density at radius 1 is 1.20 bits per heavy atom. The molecule has 1 unspecified atom stereocenters. The molecule has 3 rings (SSSR count). The quantitative estimate of drug-likeness (QED) is 0.826. The molecular weight excluding hydrogens is 258 g/mol. The fourth-order valence-electron chi connectivity index (χ4n) is 3.76. The van der Waals surface area contributed by atoms with Crippen LogP contribution >= 0.6 is 0 Å². The number of hydrogen-bond donors (Lipinski definition) is 1. The van der Waals surface area contributed by atoms with E-state index in [0.29, 0.717) is 13.2 Å². The van der Waals surface area contributed by atoms with Gasteiger partial charge in [-0.1, -0.05) is 0 Å². The molecule has 5 heteroatoms. The minimum atomic E-state index is -0.383. The van der Waals surface area contributed by atoms with Crippen molar-refractivity contribution in [2.45, 2.75) is 44.3 Å². The third-order valence-electron chi connectivity index (χ3n) is 5.00. The second kappa shape index (κ2) is 6.00. The first kappa shape index (κ1) is 14.3. The first-order chi connectivity index (χ1) is 9.72. The van der Waals surface area contributed by atoms with E-state index in [9.17, 15) is 9.90 Å². The van der Waals surface area contributed by atoms with Gasteiger partial charge in [0, 0.05) is 38.5 Å². The van der Waals surface area contributed by atoms with Crippen LogP contribution in [-0.4, -0.2) is 54.6 Å². The minimum absolute atomic E-state index is 0.117. The molecule has 1 aliphatic carbocycles. The van der Waals surface area contributed by atoms with Gasteiger partial charge in [0.15, 0.2) is 5.79 Å². The first-order valence-electron chi connectivity index (χ1n) is 7.90. The summed E-state index contributed by atoms with van der Waals surface area (Å²) in [6, 6.07) is 0. The highest BCUT2D eigenvalue weighted by molar-refractivity contribution is 5.79. The summed E-state index contributed by atoms with van der Waals surface area (Å²) in [5, 5.41) is 9.27. The Labute approximate surface area is 120 Å². The smallest absolute Gasteiger partial charge is 0.225 e. The van der Waals surface area contributed by atoms with Gasteiger partial charge in [0.1, 0.15) is 0 Å². The number of aliphatic hydroxyl groups is 1. The molecule has 1 spiro atoms. The van der Waals surface area contributed by atoms with E-state index in [1.807, 2.05) is 4.90 Å². The number of carbonyl (C=O) groups excluding carboxylic acids is 1. The van der Waals surface area contributed by atoms with Crippen molar-refractivity contribution in [3.05, 3.63) is 0 Å². The number of carbonyl (C=O) groups is 1. The van der Waals surface area contributed by atoms with Crippen LogP contribution in [0.4, 0.5) is 0 Å². The Kier molecular flexibility index (Phi) is 4.29. The van der Waals surface area contributed by atoms with E-state index in [-0.39, 0.29) is 30.1 Å². The predicted octanol–water partition coefficient (Wildman–Crippen LogP) is 1.15. The van der Waals surface area contributed by atoms with E-state index in [4.69, 9.17) is 9.47 Å². The van der Waals surface area contributed by atoms with Gasteiger partial charge < -0.3 is 19.5 Å². The van der Waals surface area contributed by atoms with E-state index < -0.39 is 0 Å². The Hall–Kier alpha value is -0.650. The van der Waals surface area contributed by atoms with Crippen LogP contribution in [0.15, 0.2) is 0 Å². The topological polar surface area (TPSA) is 59.0 Å². The lowest BCUT2D eigenvalue weighted by molar-refractivity contribution is -0.185. The maximum atomic E-state index is 12.6. The molecule has 1 atom stereocenters. The highest BCUT2D eigenvalue weighted by Crippen LogP contribution is 2.39. The van der Waals surface area contributed by atoms with Crippen LogP contribution in [0.2, 0.25) is 0 Å². The van der Waals surface area contributed by atoms with Gasteiger partial charge in [-0.15, -0.1) is 0 Å². The molecule has 2 heterocycles. The Morgan fingerprint density at radius 2 is 1.90 bits per heavy atom. The van der Waals surface area contributed by atoms with Crippen LogP contribution in [0.5, 0.6) is 0 Å². The van der Waals surface area contributed by atoms with Crippen LogP contribution in [0.1, 0.15) is 38.5 Å². The van der Waals surface area contributed by atoms with Crippen molar-refractivity contribution in [2.75, 3.05) is 32.9 Å². The molecule has 0 radical (unpaired) electrons. The molecule has 0 aromatic carbocycles. The van der Waals surface area contributed by atoms with Crippen molar-refractivity contribution in [1.29, 1.82) is 0 Å². The van der Waals surface area contributed by atoms with Gasteiger partial charge in [0.25, 0.3) is 0 Å². The average molecular weight is 283 g/mol. The lowest BCUT2D eigenvalue weighted by Gasteiger charge is -2.38. The Bertz CT molecular complexity index is 344. The summed E-state index contributed by atoms with van der Waals surface area (Å²) >= 11 is 0. The number of likely N-dealkylation sites (tertiary alicyclic amines) is 1. The average Bonchev–Trinajstić information content (AvgIpc) is 2.96.